The number of nitrogens with one attached hydrogen (secondary N) is 1. The fourth-order valence-corrected chi connectivity index (χ4v) is 6.90. The summed E-state index contributed by atoms with van der Waals surface area (Å²) < 4.78 is 24.9. The van der Waals surface area contributed by atoms with Crippen LogP contribution in [0.4, 0.5) is 5.95 Å². The molecule has 2 aromatic rings. The molecular formula is C21H24N6O3S2. The molecule has 1 spiro atoms. The number of anilines is 1. The summed E-state index contributed by atoms with van der Waals surface area (Å²) in [6.07, 6.45) is 6.20. The van der Waals surface area contributed by atoms with Crippen LogP contribution in [-0.2, 0) is 15.4 Å². The molecule has 2 fully saturated rings. The number of hydrogen-bond acceptors (Lipinski definition) is 8. The molecule has 2 aromatic heterocycles. The highest BCUT2D eigenvalue weighted by Gasteiger charge is 2.52. The minimum absolute atomic E-state index is 0.0172. The number of aromatic nitrogens is 2. The summed E-state index contributed by atoms with van der Waals surface area (Å²) in [6.45, 7) is 1.65. The van der Waals surface area contributed by atoms with E-state index in [-0.39, 0.29) is 17.4 Å². The lowest BCUT2D eigenvalue weighted by Gasteiger charge is -2.30. The molecule has 0 aromatic carbocycles. The van der Waals surface area contributed by atoms with Gasteiger partial charge in [0.15, 0.2) is 0 Å². The number of piperidine rings is 1. The van der Waals surface area contributed by atoms with Crippen molar-refractivity contribution in [2.24, 2.45) is 0 Å². The number of thiophene rings is 1. The third-order valence-corrected chi connectivity index (χ3v) is 9.27. The largest absolute Gasteiger partial charge is 0.351 e. The lowest BCUT2D eigenvalue weighted by atomic mass is 9.95. The number of carbonyl (C=O) groups is 1. The Morgan fingerprint density at radius 2 is 2.03 bits per heavy atom. The van der Waals surface area contributed by atoms with Crippen molar-refractivity contribution < 1.29 is 13.2 Å². The summed E-state index contributed by atoms with van der Waals surface area (Å²) >= 11 is 1.56. The summed E-state index contributed by atoms with van der Waals surface area (Å²) in [5.74, 6) is 0.427. The number of nitrogens with zero attached hydrogens (tertiary/aromatic N) is 5. The predicted octanol–water partition coefficient (Wildman–Crippen LogP) is 2.03. The molecule has 0 unspecified atom stereocenters. The maximum absolute atomic E-state index is 12.7. The molecule has 1 aliphatic carbocycles. The number of rotatable bonds is 4. The second-order valence-corrected chi connectivity index (χ2v) is 12.0. The summed E-state index contributed by atoms with van der Waals surface area (Å²) in [6, 6.07) is 4.09. The standard InChI is InChI=1S/C21H24N6O3S2/c1-26-12-21(5-6-21)18-15(19(26)28)9-16(31-18)17-13(10-22)11-23-20(25-17)24-14-3-7-27(8-4-14)32(2,29)30/h9,11,14H,3-8,12H2,1-2H3,(H,23,24,25). The van der Waals surface area contributed by atoms with E-state index in [0.29, 0.717) is 43.1 Å². The van der Waals surface area contributed by atoms with Gasteiger partial charge in [0.25, 0.3) is 5.91 Å². The molecule has 11 heteroatoms. The molecule has 0 radical (unpaired) electrons. The average Bonchev–Trinajstić information content (AvgIpc) is 3.38. The van der Waals surface area contributed by atoms with Crippen molar-refractivity contribution in [3.63, 3.8) is 0 Å². The molecule has 2 aliphatic heterocycles. The van der Waals surface area contributed by atoms with Gasteiger partial charge in [0, 0.05) is 43.0 Å². The Balaban J connectivity index is 1.42. The van der Waals surface area contributed by atoms with Gasteiger partial charge in [-0.2, -0.15) is 5.26 Å². The Morgan fingerprint density at radius 1 is 1.31 bits per heavy atom. The fourth-order valence-electron chi connectivity index (χ4n) is 4.64. The van der Waals surface area contributed by atoms with Crippen LogP contribution in [0.3, 0.4) is 0 Å². The van der Waals surface area contributed by atoms with Crippen LogP contribution in [-0.4, -0.2) is 72.5 Å². The maximum Gasteiger partial charge on any atom is 0.254 e. The van der Waals surface area contributed by atoms with Crippen LogP contribution in [0.2, 0.25) is 0 Å². The highest BCUT2D eigenvalue weighted by atomic mass is 32.2. The monoisotopic (exact) mass is 472 g/mol. The number of hydrogen-bond donors (Lipinski definition) is 1. The van der Waals surface area contributed by atoms with Gasteiger partial charge in [-0.05, 0) is 31.7 Å². The average molecular weight is 473 g/mol. The lowest BCUT2D eigenvalue weighted by Crippen LogP contribution is -2.42. The lowest BCUT2D eigenvalue weighted by molar-refractivity contribution is 0.0760. The third kappa shape index (κ3) is 3.66. The zero-order chi connectivity index (χ0) is 22.7. The number of likely N-dealkylation sites (N-methyl/N-ethyl adjacent to an activating group) is 1. The first-order valence-electron chi connectivity index (χ1n) is 10.6. The van der Waals surface area contributed by atoms with Crippen molar-refractivity contribution in [3.05, 3.63) is 28.3 Å². The number of amides is 1. The minimum atomic E-state index is -3.18. The number of fused-ring (bicyclic) bond motifs is 2. The highest BCUT2D eigenvalue weighted by molar-refractivity contribution is 7.88. The molecule has 1 amide bonds. The molecule has 0 atom stereocenters. The number of nitriles is 1. The quantitative estimate of drug-likeness (QED) is 0.723. The molecule has 5 rings (SSSR count). The topological polar surface area (TPSA) is 119 Å². The molecule has 9 nitrogen and oxygen atoms in total. The van der Waals surface area contributed by atoms with E-state index in [1.807, 2.05) is 13.1 Å². The second-order valence-electron chi connectivity index (χ2n) is 8.94. The molecule has 32 heavy (non-hydrogen) atoms. The second kappa shape index (κ2) is 7.50. The van der Waals surface area contributed by atoms with E-state index in [2.05, 4.69) is 21.4 Å². The predicted molar refractivity (Wildman–Crippen MR) is 121 cm³/mol. The number of carbonyl (C=O) groups excluding carboxylic acids is 1. The van der Waals surface area contributed by atoms with Gasteiger partial charge >= 0.3 is 0 Å². The van der Waals surface area contributed by atoms with Crippen LogP contribution in [0.1, 0.15) is 46.5 Å². The maximum atomic E-state index is 12.7. The van der Waals surface area contributed by atoms with Crippen LogP contribution in [0, 0.1) is 11.3 Å². The summed E-state index contributed by atoms with van der Waals surface area (Å²) in [5, 5.41) is 12.9. The van der Waals surface area contributed by atoms with E-state index in [9.17, 15) is 18.5 Å². The van der Waals surface area contributed by atoms with Gasteiger partial charge in [-0.3, -0.25) is 4.79 Å². The van der Waals surface area contributed by atoms with Gasteiger partial charge in [0.2, 0.25) is 16.0 Å². The Labute approximate surface area is 191 Å². The van der Waals surface area contributed by atoms with Crippen LogP contribution >= 0.6 is 11.3 Å². The summed E-state index contributed by atoms with van der Waals surface area (Å²) in [4.78, 5) is 25.4. The normalized spacial score (nSPS) is 20.8. The third-order valence-electron chi connectivity index (χ3n) is 6.58. The van der Waals surface area contributed by atoms with Gasteiger partial charge in [0.05, 0.1) is 28.5 Å². The first-order chi connectivity index (χ1) is 15.2. The first kappa shape index (κ1) is 21.3. The van der Waals surface area contributed by atoms with Crippen molar-refractivity contribution in [2.45, 2.75) is 37.1 Å². The van der Waals surface area contributed by atoms with Gasteiger partial charge in [-0.15, -0.1) is 11.3 Å². The van der Waals surface area contributed by atoms with E-state index in [0.717, 1.165) is 34.7 Å². The zero-order valence-corrected chi connectivity index (χ0v) is 19.6. The van der Waals surface area contributed by atoms with Crippen molar-refractivity contribution in [1.82, 2.24) is 19.2 Å². The molecule has 1 saturated carbocycles. The highest BCUT2D eigenvalue weighted by Crippen LogP contribution is 2.55. The number of sulfonamides is 1. The first-order valence-corrected chi connectivity index (χ1v) is 13.3. The summed E-state index contributed by atoms with van der Waals surface area (Å²) in [5.41, 5.74) is 1.69. The molecule has 168 valence electrons. The van der Waals surface area contributed by atoms with Gasteiger partial charge in [-0.1, -0.05) is 0 Å². The molecule has 1 saturated heterocycles. The molecular weight excluding hydrogens is 448 g/mol. The van der Waals surface area contributed by atoms with E-state index in [1.54, 1.807) is 16.2 Å². The van der Waals surface area contributed by atoms with Gasteiger partial charge in [-0.25, -0.2) is 22.7 Å². The van der Waals surface area contributed by atoms with E-state index in [1.165, 1.54) is 16.8 Å². The molecule has 1 N–H and O–H groups in total. The molecule has 0 bridgehead atoms. The Hall–Kier alpha value is -2.55. The van der Waals surface area contributed by atoms with Crippen LogP contribution in [0.5, 0.6) is 0 Å². The SMILES string of the molecule is CN1CC2(CC2)c2sc(-c3nc(NC4CCN(S(C)(=O)=O)CC4)ncc3C#N)cc2C1=O. The van der Waals surface area contributed by atoms with Crippen LogP contribution < -0.4 is 5.32 Å². The van der Waals surface area contributed by atoms with E-state index < -0.39 is 10.0 Å². The Kier molecular flexibility index (Phi) is 5.00. The van der Waals surface area contributed by atoms with E-state index in [4.69, 9.17) is 0 Å². The zero-order valence-electron chi connectivity index (χ0n) is 18.0. The van der Waals surface area contributed by atoms with Gasteiger partial charge < -0.3 is 10.2 Å². The minimum Gasteiger partial charge on any atom is -0.351 e. The molecule has 3 aliphatic rings. The van der Waals surface area contributed by atoms with Crippen LogP contribution in [0.15, 0.2) is 12.3 Å². The van der Waals surface area contributed by atoms with E-state index >= 15 is 0 Å². The summed E-state index contributed by atoms with van der Waals surface area (Å²) in [7, 11) is -1.34. The van der Waals surface area contributed by atoms with Crippen molar-refractivity contribution in [3.8, 4) is 16.6 Å². The van der Waals surface area contributed by atoms with Gasteiger partial charge in [0.1, 0.15) is 11.8 Å². The smallest absolute Gasteiger partial charge is 0.254 e. The van der Waals surface area contributed by atoms with Crippen molar-refractivity contribution in [2.75, 3.05) is 38.3 Å². The van der Waals surface area contributed by atoms with Crippen molar-refractivity contribution >= 4 is 33.2 Å². The fraction of sp³-hybridized carbons (Fsp3) is 0.524. The Morgan fingerprint density at radius 3 is 2.66 bits per heavy atom. The van der Waals surface area contributed by atoms with Crippen molar-refractivity contribution in [1.29, 1.82) is 5.26 Å². The molecule has 4 heterocycles. The van der Waals surface area contributed by atoms with Crippen LogP contribution in [0.25, 0.3) is 10.6 Å². The Bertz CT molecular complexity index is 1240.